The van der Waals surface area contributed by atoms with E-state index in [1.54, 1.807) is 0 Å². The second-order valence-electron chi connectivity index (χ2n) is 7.78. The molecule has 136 valence electrons. The van der Waals surface area contributed by atoms with Gasteiger partial charge in [-0.2, -0.15) is 5.06 Å². The molecule has 1 N–H and O–H groups in total. The molecule has 2 unspecified atom stereocenters. The fourth-order valence-electron chi connectivity index (χ4n) is 3.09. The highest BCUT2D eigenvalue weighted by molar-refractivity contribution is 5.20. The summed E-state index contributed by atoms with van der Waals surface area (Å²) in [4.78, 5) is 6.41. The third-order valence-corrected chi connectivity index (χ3v) is 4.26. The predicted molar refractivity (Wildman–Crippen MR) is 103 cm³/mol. The molecule has 2 aromatic rings. The third kappa shape index (κ3) is 5.15. The minimum absolute atomic E-state index is 0.0593. The van der Waals surface area contributed by atoms with Crippen molar-refractivity contribution in [2.45, 2.75) is 52.3 Å². The summed E-state index contributed by atoms with van der Waals surface area (Å²) in [5.41, 5.74) is 1.99. The Balaban J connectivity index is 2.37. The molecule has 0 amide bonds. The standard InChI is InChI=1S/C22H31NO2/c1-17(2)21(19-14-10-7-11-15-19)23(22(3,4)5)25-20(16-24)18-12-8-6-9-13-18/h6-15,17,20-21,24H,16H2,1-5H3. The summed E-state index contributed by atoms with van der Waals surface area (Å²) in [6, 6.07) is 20.4. The van der Waals surface area contributed by atoms with Crippen LogP contribution in [0.3, 0.4) is 0 Å². The van der Waals surface area contributed by atoms with Crippen LogP contribution in [0.1, 0.15) is 57.9 Å². The van der Waals surface area contributed by atoms with Gasteiger partial charge in [0.15, 0.2) is 0 Å². The molecule has 2 aromatic carbocycles. The number of aliphatic hydroxyl groups excluding tert-OH is 1. The zero-order chi connectivity index (χ0) is 18.4. The van der Waals surface area contributed by atoms with E-state index in [2.05, 4.69) is 63.9 Å². The van der Waals surface area contributed by atoms with Crippen LogP contribution in [0.5, 0.6) is 0 Å². The van der Waals surface area contributed by atoms with Crippen molar-refractivity contribution in [2.24, 2.45) is 5.92 Å². The maximum Gasteiger partial charge on any atom is 0.127 e. The van der Waals surface area contributed by atoms with E-state index in [-0.39, 0.29) is 24.3 Å². The maximum absolute atomic E-state index is 9.93. The number of benzene rings is 2. The molecule has 0 fully saturated rings. The summed E-state index contributed by atoms with van der Waals surface area (Å²) in [6.45, 7) is 10.8. The van der Waals surface area contributed by atoms with Crippen LogP contribution in [0.15, 0.2) is 60.7 Å². The summed E-state index contributed by atoms with van der Waals surface area (Å²) < 4.78 is 0. The Morgan fingerprint density at radius 1 is 0.880 bits per heavy atom. The fourth-order valence-corrected chi connectivity index (χ4v) is 3.09. The van der Waals surface area contributed by atoms with Crippen molar-refractivity contribution in [3.63, 3.8) is 0 Å². The van der Waals surface area contributed by atoms with Crippen LogP contribution in [0.4, 0.5) is 0 Å². The average molecular weight is 341 g/mol. The minimum Gasteiger partial charge on any atom is -0.393 e. The normalized spacial score (nSPS) is 14.7. The molecule has 2 rings (SSSR count). The van der Waals surface area contributed by atoms with E-state index in [1.807, 2.05) is 36.4 Å². The van der Waals surface area contributed by atoms with E-state index in [4.69, 9.17) is 4.84 Å². The lowest BCUT2D eigenvalue weighted by atomic mass is 9.92. The lowest BCUT2D eigenvalue weighted by Gasteiger charge is -2.44. The summed E-state index contributed by atoms with van der Waals surface area (Å²) in [6.07, 6.45) is -0.384. The Morgan fingerprint density at radius 3 is 1.76 bits per heavy atom. The monoisotopic (exact) mass is 341 g/mol. The first-order valence-electron chi connectivity index (χ1n) is 9.01. The van der Waals surface area contributed by atoms with E-state index in [1.165, 1.54) is 5.56 Å². The van der Waals surface area contributed by atoms with Crippen molar-refractivity contribution in [2.75, 3.05) is 6.61 Å². The Kier molecular flexibility index (Phi) is 6.77. The SMILES string of the molecule is CC(C)C(c1ccccc1)N(OC(CO)c1ccccc1)C(C)(C)C. The van der Waals surface area contributed by atoms with E-state index in [9.17, 15) is 5.11 Å². The van der Waals surface area contributed by atoms with Gasteiger partial charge < -0.3 is 5.11 Å². The molecule has 0 aliphatic heterocycles. The van der Waals surface area contributed by atoms with Gasteiger partial charge in [0.2, 0.25) is 0 Å². The van der Waals surface area contributed by atoms with Gasteiger partial charge in [-0.25, -0.2) is 0 Å². The van der Waals surface area contributed by atoms with E-state index in [0.717, 1.165) is 5.56 Å². The van der Waals surface area contributed by atoms with Gasteiger partial charge in [0, 0.05) is 5.54 Å². The Bertz CT molecular complexity index is 619. The van der Waals surface area contributed by atoms with E-state index >= 15 is 0 Å². The molecular weight excluding hydrogens is 310 g/mol. The highest BCUT2D eigenvalue weighted by atomic mass is 16.7. The number of aliphatic hydroxyl groups is 1. The molecule has 0 heterocycles. The van der Waals surface area contributed by atoms with Crippen molar-refractivity contribution in [1.82, 2.24) is 5.06 Å². The number of rotatable bonds is 7. The predicted octanol–water partition coefficient (Wildman–Crippen LogP) is 5.15. The van der Waals surface area contributed by atoms with Crippen LogP contribution in [-0.4, -0.2) is 22.3 Å². The van der Waals surface area contributed by atoms with Crippen LogP contribution >= 0.6 is 0 Å². The highest BCUT2D eigenvalue weighted by Crippen LogP contribution is 2.36. The van der Waals surface area contributed by atoms with Crippen molar-refractivity contribution in [1.29, 1.82) is 0 Å². The number of hydrogen-bond acceptors (Lipinski definition) is 3. The van der Waals surface area contributed by atoms with Crippen LogP contribution in [0.25, 0.3) is 0 Å². The minimum atomic E-state index is -0.384. The second kappa shape index (κ2) is 8.61. The molecule has 2 atom stereocenters. The molecule has 0 aromatic heterocycles. The zero-order valence-corrected chi connectivity index (χ0v) is 16.0. The van der Waals surface area contributed by atoms with Gasteiger partial charge in [0.1, 0.15) is 6.10 Å². The van der Waals surface area contributed by atoms with Gasteiger partial charge in [0.05, 0.1) is 12.6 Å². The van der Waals surface area contributed by atoms with E-state index in [0.29, 0.717) is 5.92 Å². The Labute approximate surface area is 152 Å². The van der Waals surface area contributed by atoms with Gasteiger partial charge in [-0.15, -0.1) is 0 Å². The summed E-state index contributed by atoms with van der Waals surface area (Å²) in [5, 5.41) is 12.0. The summed E-state index contributed by atoms with van der Waals surface area (Å²) in [5.74, 6) is 0.358. The average Bonchev–Trinajstić information content (AvgIpc) is 2.58. The molecule has 0 saturated carbocycles. The molecule has 3 nitrogen and oxygen atoms in total. The first-order valence-corrected chi connectivity index (χ1v) is 9.01. The number of nitrogens with zero attached hydrogens (tertiary/aromatic N) is 1. The fraction of sp³-hybridized carbons (Fsp3) is 0.455. The number of hydrogen-bond donors (Lipinski definition) is 1. The molecule has 0 bridgehead atoms. The summed E-state index contributed by atoms with van der Waals surface area (Å²) >= 11 is 0. The summed E-state index contributed by atoms with van der Waals surface area (Å²) in [7, 11) is 0. The molecule has 0 aliphatic rings. The molecule has 0 spiro atoms. The third-order valence-electron chi connectivity index (χ3n) is 4.26. The lowest BCUT2D eigenvalue weighted by molar-refractivity contribution is -0.281. The molecule has 0 radical (unpaired) electrons. The van der Waals surface area contributed by atoms with Gasteiger partial charge in [-0.05, 0) is 37.8 Å². The smallest absolute Gasteiger partial charge is 0.127 e. The van der Waals surface area contributed by atoms with Gasteiger partial charge >= 0.3 is 0 Å². The molecule has 25 heavy (non-hydrogen) atoms. The van der Waals surface area contributed by atoms with Crippen molar-refractivity contribution < 1.29 is 9.94 Å². The molecule has 3 heteroatoms. The largest absolute Gasteiger partial charge is 0.393 e. The quantitative estimate of drug-likeness (QED) is 0.707. The lowest BCUT2D eigenvalue weighted by Crippen LogP contribution is -2.46. The van der Waals surface area contributed by atoms with Crippen molar-refractivity contribution >= 4 is 0 Å². The maximum atomic E-state index is 9.93. The second-order valence-corrected chi connectivity index (χ2v) is 7.78. The molecule has 0 saturated heterocycles. The molecule has 0 aliphatic carbocycles. The van der Waals surface area contributed by atoms with E-state index < -0.39 is 0 Å². The van der Waals surface area contributed by atoms with Crippen LogP contribution in [-0.2, 0) is 4.84 Å². The van der Waals surface area contributed by atoms with Crippen LogP contribution < -0.4 is 0 Å². The van der Waals surface area contributed by atoms with Gasteiger partial charge in [0.25, 0.3) is 0 Å². The van der Waals surface area contributed by atoms with Crippen LogP contribution in [0, 0.1) is 5.92 Å². The van der Waals surface area contributed by atoms with Gasteiger partial charge in [-0.1, -0.05) is 74.5 Å². The number of hydroxylamine groups is 2. The zero-order valence-electron chi connectivity index (χ0n) is 16.0. The van der Waals surface area contributed by atoms with Crippen molar-refractivity contribution in [3.8, 4) is 0 Å². The van der Waals surface area contributed by atoms with Crippen molar-refractivity contribution in [3.05, 3.63) is 71.8 Å². The molecular formula is C22H31NO2. The Morgan fingerprint density at radius 2 is 1.36 bits per heavy atom. The highest BCUT2D eigenvalue weighted by Gasteiger charge is 2.35. The first kappa shape index (κ1) is 19.6. The van der Waals surface area contributed by atoms with Crippen LogP contribution in [0.2, 0.25) is 0 Å². The Hall–Kier alpha value is -1.68. The first-order chi connectivity index (χ1) is 11.8. The topological polar surface area (TPSA) is 32.7 Å². The van der Waals surface area contributed by atoms with Gasteiger partial charge in [-0.3, -0.25) is 4.84 Å².